The molecule has 0 spiro atoms. The molecule has 4 aromatic carbocycles. The maximum absolute atomic E-state index is 12.8. The molecule has 0 saturated carbocycles. The van der Waals surface area contributed by atoms with Crippen molar-refractivity contribution in [2.24, 2.45) is 10.2 Å². The predicted molar refractivity (Wildman–Crippen MR) is 226 cm³/mol. The molecule has 304 valence electrons. The van der Waals surface area contributed by atoms with Crippen molar-refractivity contribution in [2.45, 2.75) is 51.9 Å². The SMILES string of the molecule is [B]/C(=N\N=C(/CCCC)c1ccc(OC(=O)c2ccc(OCCCCOC(=O)C=C)cc2)cc1)c1ccc(OC(=O)c2ccc(OCCCCOC(=O)C=C)cc2)cc1. The number of hydrogen-bond donors (Lipinski definition) is 0. The highest BCUT2D eigenvalue weighted by Crippen LogP contribution is 2.20. The number of rotatable bonds is 24. The number of ether oxygens (including phenoxy) is 6. The molecule has 0 heterocycles. The van der Waals surface area contributed by atoms with Crippen LogP contribution in [0.2, 0.25) is 0 Å². The third-order valence-electron chi connectivity index (χ3n) is 8.42. The lowest BCUT2D eigenvalue weighted by Gasteiger charge is -2.09. The molecule has 0 aliphatic carbocycles. The van der Waals surface area contributed by atoms with E-state index in [2.05, 4.69) is 30.3 Å². The minimum atomic E-state index is -0.531. The molecule has 12 nitrogen and oxygen atoms in total. The first-order valence-electron chi connectivity index (χ1n) is 19.3. The molecule has 59 heavy (non-hydrogen) atoms. The molecule has 0 unspecified atom stereocenters. The molecule has 0 aliphatic rings. The van der Waals surface area contributed by atoms with Gasteiger partial charge in [-0.2, -0.15) is 10.2 Å². The zero-order valence-corrected chi connectivity index (χ0v) is 33.1. The zero-order valence-electron chi connectivity index (χ0n) is 33.1. The summed E-state index contributed by atoms with van der Waals surface area (Å²) in [6.07, 6.45) is 7.43. The lowest BCUT2D eigenvalue weighted by Crippen LogP contribution is -2.09. The second-order valence-electron chi connectivity index (χ2n) is 12.9. The lowest BCUT2D eigenvalue weighted by atomic mass is 9.93. The number of carbonyl (C=O) groups is 4. The normalized spacial score (nSPS) is 11.2. The first kappa shape index (κ1) is 45.0. The summed E-state index contributed by atoms with van der Waals surface area (Å²) in [4.78, 5) is 47.7. The van der Waals surface area contributed by atoms with E-state index in [0.717, 1.165) is 36.3 Å². The highest BCUT2D eigenvalue weighted by Gasteiger charge is 2.12. The monoisotopic (exact) mass is 798 g/mol. The largest absolute Gasteiger partial charge is 0.494 e. The van der Waals surface area contributed by atoms with Gasteiger partial charge in [-0.25, -0.2) is 19.2 Å². The smallest absolute Gasteiger partial charge is 0.343 e. The summed E-state index contributed by atoms with van der Waals surface area (Å²) in [6.45, 7) is 10.3. The fourth-order valence-electron chi connectivity index (χ4n) is 5.14. The summed E-state index contributed by atoms with van der Waals surface area (Å²) in [6, 6.07) is 26.9. The van der Waals surface area contributed by atoms with Crippen LogP contribution in [0.15, 0.2) is 133 Å². The van der Waals surface area contributed by atoms with E-state index < -0.39 is 23.9 Å². The van der Waals surface area contributed by atoms with Crippen molar-refractivity contribution >= 4 is 43.0 Å². The van der Waals surface area contributed by atoms with Gasteiger partial charge in [0.15, 0.2) is 0 Å². The number of carbonyl (C=O) groups excluding carboxylic acids is 4. The topological polar surface area (TPSA) is 148 Å². The molecular formula is C46H47BN2O10. The maximum atomic E-state index is 12.8. The van der Waals surface area contributed by atoms with E-state index in [9.17, 15) is 19.2 Å². The Morgan fingerprint density at radius 3 is 1.34 bits per heavy atom. The third kappa shape index (κ3) is 16.0. The molecule has 2 radical (unpaired) electrons. The number of unbranched alkanes of at least 4 members (excludes halogenated alkanes) is 3. The quantitative estimate of drug-likeness (QED) is 0.0129. The Morgan fingerprint density at radius 2 is 0.915 bits per heavy atom. The molecule has 0 atom stereocenters. The van der Waals surface area contributed by atoms with Gasteiger partial charge in [0.2, 0.25) is 0 Å². The van der Waals surface area contributed by atoms with Crippen molar-refractivity contribution in [1.29, 1.82) is 0 Å². The Kier molecular flexibility index (Phi) is 18.9. The summed E-state index contributed by atoms with van der Waals surface area (Å²) in [5, 5.41) is 8.78. The molecule has 0 fully saturated rings. The molecule has 0 saturated heterocycles. The van der Waals surface area contributed by atoms with E-state index in [-0.39, 0.29) is 5.61 Å². The van der Waals surface area contributed by atoms with Crippen LogP contribution in [-0.4, -0.2) is 69.5 Å². The minimum Gasteiger partial charge on any atom is -0.494 e. The Morgan fingerprint density at radius 1 is 0.525 bits per heavy atom. The third-order valence-corrected chi connectivity index (χ3v) is 8.42. The van der Waals surface area contributed by atoms with Gasteiger partial charge in [-0.3, -0.25) is 0 Å². The van der Waals surface area contributed by atoms with Gasteiger partial charge in [0.25, 0.3) is 0 Å². The van der Waals surface area contributed by atoms with Crippen molar-refractivity contribution < 1.29 is 47.6 Å². The molecule has 0 N–H and O–H groups in total. The van der Waals surface area contributed by atoms with Crippen LogP contribution in [0.25, 0.3) is 0 Å². The first-order chi connectivity index (χ1) is 28.7. The molecular weight excluding hydrogens is 751 g/mol. The number of hydrogen-bond acceptors (Lipinski definition) is 12. The molecule has 4 rings (SSSR count). The molecule has 0 amide bonds. The summed E-state index contributed by atoms with van der Waals surface area (Å²) in [5.74, 6) is -0.0321. The van der Waals surface area contributed by atoms with E-state index in [0.29, 0.717) is 98.2 Å². The van der Waals surface area contributed by atoms with Gasteiger partial charge in [0, 0.05) is 17.8 Å². The van der Waals surface area contributed by atoms with Gasteiger partial charge >= 0.3 is 23.9 Å². The average molecular weight is 799 g/mol. The number of nitrogens with zero attached hydrogens (tertiary/aromatic N) is 2. The Balaban J connectivity index is 1.26. The van der Waals surface area contributed by atoms with Crippen LogP contribution in [0.3, 0.4) is 0 Å². The minimum absolute atomic E-state index is 0.179. The Bertz CT molecular complexity index is 2060. The van der Waals surface area contributed by atoms with E-state index in [1.165, 1.54) is 0 Å². The fraction of sp³-hybridized carbons (Fsp3) is 0.261. The van der Waals surface area contributed by atoms with Crippen molar-refractivity contribution in [1.82, 2.24) is 0 Å². The van der Waals surface area contributed by atoms with Crippen LogP contribution in [0.1, 0.15) is 83.7 Å². The van der Waals surface area contributed by atoms with Gasteiger partial charge in [-0.15, -0.1) is 0 Å². The number of esters is 4. The second-order valence-corrected chi connectivity index (χ2v) is 12.9. The zero-order chi connectivity index (χ0) is 42.2. The summed E-state index contributed by atoms with van der Waals surface area (Å²) < 4.78 is 32.4. The maximum Gasteiger partial charge on any atom is 0.343 e. The van der Waals surface area contributed by atoms with E-state index in [4.69, 9.17) is 36.3 Å². The average Bonchev–Trinajstić information content (AvgIpc) is 3.26. The highest BCUT2D eigenvalue weighted by molar-refractivity contribution is 6.64. The van der Waals surface area contributed by atoms with Crippen LogP contribution >= 0.6 is 0 Å². The van der Waals surface area contributed by atoms with Crippen molar-refractivity contribution in [2.75, 3.05) is 26.4 Å². The molecule has 0 aromatic heterocycles. The van der Waals surface area contributed by atoms with Gasteiger partial charge in [-0.1, -0.05) is 38.6 Å². The van der Waals surface area contributed by atoms with Crippen LogP contribution in [0.4, 0.5) is 0 Å². The standard InChI is InChI=1S/C46H47BN2O10/c1-4-7-12-41(33-13-25-39(26-14-33)58-45(52)35-17-21-37(22-18-35)54-29-8-10-31-56-42(50)5-2)48-49-44(47)34-15-27-40(28-16-34)59-46(53)36-19-23-38(24-20-36)55-30-9-11-32-57-43(51)6-3/h5-6,13-28H,2-4,7-12,29-32H2,1H3/b48-41+,49-44-. The van der Waals surface area contributed by atoms with Crippen LogP contribution in [-0.2, 0) is 19.1 Å². The van der Waals surface area contributed by atoms with Crippen LogP contribution in [0, 0.1) is 0 Å². The fourth-order valence-corrected chi connectivity index (χ4v) is 5.14. The highest BCUT2D eigenvalue weighted by atomic mass is 16.5. The first-order valence-corrected chi connectivity index (χ1v) is 19.3. The van der Waals surface area contributed by atoms with Crippen LogP contribution in [0.5, 0.6) is 23.0 Å². The summed E-state index contributed by atoms with van der Waals surface area (Å²) in [5.41, 5.74) is 3.02. The van der Waals surface area contributed by atoms with Crippen molar-refractivity contribution in [3.8, 4) is 23.0 Å². The second kappa shape index (κ2) is 24.8. The summed E-state index contributed by atoms with van der Waals surface area (Å²) >= 11 is 0. The van der Waals surface area contributed by atoms with E-state index in [1.54, 1.807) is 84.9 Å². The van der Waals surface area contributed by atoms with E-state index in [1.807, 2.05) is 12.1 Å². The van der Waals surface area contributed by atoms with Crippen LogP contribution < -0.4 is 18.9 Å². The molecule has 0 aliphatic heterocycles. The van der Waals surface area contributed by atoms with Crippen molar-refractivity contribution in [3.63, 3.8) is 0 Å². The van der Waals surface area contributed by atoms with Crippen molar-refractivity contribution in [3.05, 3.63) is 145 Å². The lowest BCUT2D eigenvalue weighted by molar-refractivity contribution is -0.138. The number of benzene rings is 4. The molecule has 4 aromatic rings. The van der Waals surface area contributed by atoms with Gasteiger partial charge < -0.3 is 28.4 Å². The van der Waals surface area contributed by atoms with Gasteiger partial charge in [0.05, 0.1) is 43.3 Å². The molecule has 0 bridgehead atoms. The van der Waals surface area contributed by atoms with Gasteiger partial charge in [0.1, 0.15) is 30.8 Å². The van der Waals surface area contributed by atoms with Gasteiger partial charge in [-0.05, 0) is 135 Å². The Labute approximate surface area is 345 Å². The Hall–Kier alpha value is -6.76. The molecule has 13 heteroatoms. The predicted octanol–water partition coefficient (Wildman–Crippen LogP) is 8.41. The summed E-state index contributed by atoms with van der Waals surface area (Å²) in [7, 11) is 6.30. The van der Waals surface area contributed by atoms with E-state index >= 15 is 0 Å².